The van der Waals surface area contributed by atoms with Gasteiger partial charge in [0.05, 0.1) is 11.5 Å². The van der Waals surface area contributed by atoms with E-state index in [1.54, 1.807) is 0 Å². The van der Waals surface area contributed by atoms with Crippen LogP contribution in [0.25, 0.3) is 0 Å². The Hall–Kier alpha value is -1.95. The fraction of sp³-hybridized carbons (Fsp3) is 0.0833. The molecule has 0 saturated heterocycles. The van der Waals surface area contributed by atoms with E-state index >= 15 is 0 Å². The van der Waals surface area contributed by atoms with Crippen molar-refractivity contribution in [3.05, 3.63) is 73.1 Å². The summed E-state index contributed by atoms with van der Waals surface area (Å²) in [7, 11) is 0. The lowest BCUT2D eigenvalue weighted by Crippen LogP contribution is -2.22. The Morgan fingerprint density at radius 2 is 1.89 bits per heavy atom. The van der Waals surface area contributed by atoms with Crippen molar-refractivity contribution in [3.8, 4) is 0 Å². The standard InChI is InChI=1S/C12H9BrN2O3/c13-10-5-3-9(4-6-10)8-14-7-1-2-11(12(14)16)15(17)18/h1-7H,8H2. The van der Waals surface area contributed by atoms with Crippen molar-refractivity contribution >= 4 is 21.6 Å². The minimum atomic E-state index is -0.666. The molecule has 0 N–H and O–H groups in total. The molecule has 0 radical (unpaired) electrons. The zero-order valence-corrected chi connectivity index (χ0v) is 10.8. The average molecular weight is 309 g/mol. The number of nitro groups is 1. The molecule has 1 heterocycles. The van der Waals surface area contributed by atoms with Gasteiger partial charge in [0, 0.05) is 16.7 Å². The Morgan fingerprint density at radius 3 is 2.50 bits per heavy atom. The van der Waals surface area contributed by atoms with Crippen molar-refractivity contribution in [2.24, 2.45) is 0 Å². The first-order chi connectivity index (χ1) is 8.58. The summed E-state index contributed by atoms with van der Waals surface area (Å²) in [6, 6.07) is 10.1. The summed E-state index contributed by atoms with van der Waals surface area (Å²) in [6.07, 6.45) is 1.54. The summed E-state index contributed by atoms with van der Waals surface area (Å²) in [5.74, 6) is 0. The van der Waals surface area contributed by atoms with Crippen molar-refractivity contribution in [1.82, 2.24) is 4.57 Å². The summed E-state index contributed by atoms with van der Waals surface area (Å²) in [5, 5.41) is 10.7. The number of hydrogen-bond donors (Lipinski definition) is 0. The third-order valence-corrected chi connectivity index (χ3v) is 2.99. The van der Waals surface area contributed by atoms with E-state index in [4.69, 9.17) is 0 Å². The maximum Gasteiger partial charge on any atom is 0.334 e. The second kappa shape index (κ2) is 5.14. The van der Waals surface area contributed by atoms with E-state index < -0.39 is 16.2 Å². The zero-order valence-electron chi connectivity index (χ0n) is 9.25. The molecule has 0 saturated carbocycles. The summed E-state index contributed by atoms with van der Waals surface area (Å²) < 4.78 is 2.26. The van der Waals surface area contributed by atoms with Crippen LogP contribution in [0.3, 0.4) is 0 Å². The van der Waals surface area contributed by atoms with Gasteiger partial charge in [-0.2, -0.15) is 0 Å². The predicted octanol–water partition coefficient (Wildman–Crippen LogP) is 2.57. The lowest BCUT2D eigenvalue weighted by Gasteiger charge is -2.05. The van der Waals surface area contributed by atoms with Crippen LogP contribution in [0.4, 0.5) is 5.69 Å². The monoisotopic (exact) mass is 308 g/mol. The van der Waals surface area contributed by atoms with Crippen LogP contribution < -0.4 is 5.56 Å². The molecule has 92 valence electrons. The number of halogens is 1. The second-order valence-corrected chi connectivity index (χ2v) is 4.63. The molecule has 0 amide bonds. The van der Waals surface area contributed by atoms with Crippen LogP contribution in [-0.4, -0.2) is 9.49 Å². The van der Waals surface area contributed by atoms with Gasteiger partial charge >= 0.3 is 11.2 Å². The maximum atomic E-state index is 11.8. The van der Waals surface area contributed by atoms with Crippen LogP contribution in [0.15, 0.2) is 51.9 Å². The predicted molar refractivity (Wildman–Crippen MR) is 70.6 cm³/mol. The van der Waals surface area contributed by atoms with E-state index in [0.717, 1.165) is 10.0 Å². The van der Waals surface area contributed by atoms with E-state index in [2.05, 4.69) is 15.9 Å². The normalized spacial score (nSPS) is 10.3. The van der Waals surface area contributed by atoms with Crippen LogP contribution in [0.2, 0.25) is 0 Å². The van der Waals surface area contributed by atoms with Crippen molar-refractivity contribution < 1.29 is 4.92 Å². The minimum Gasteiger partial charge on any atom is -0.305 e. The number of aromatic nitrogens is 1. The van der Waals surface area contributed by atoms with Crippen LogP contribution in [0.5, 0.6) is 0 Å². The van der Waals surface area contributed by atoms with E-state index in [-0.39, 0.29) is 0 Å². The molecule has 0 unspecified atom stereocenters. The molecule has 1 aromatic heterocycles. The van der Waals surface area contributed by atoms with Gasteiger partial charge < -0.3 is 4.57 Å². The average Bonchev–Trinajstić information content (AvgIpc) is 2.34. The Bertz CT molecular complexity index is 635. The molecule has 2 rings (SSSR count). The Kier molecular flexibility index (Phi) is 3.57. The van der Waals surface area contributed by atoms with Gasteiger partial charge in [-0.05, 0) is 23.8 Å². The number of pyridine rings is 1. The molecule has 0 aliphatic carbocycles. The largest absolute Gasteiger partial charge is 0.334 e. The second-order valence-electron chi connectivity index (χ2n) is 3.71. The van der Waals surface area contributed by atoms with E-state index in [9.17, 15) is 14.9 Å². The molecule has 0 fully saturated rings. The van der Waals surface area contributed by atoms with Gasteiger partial charge in [-0.1, -0.05) is 28.1 Å². The van der Waals surface area contributed by atoms with Crippen molar-refractivity contribution in [2.75, 3.05) is 0 Å². The van der Waals surface area contributed by atoms with Crippen molar-refractivity contribution in [3.63, 3.8) is 0 Å². The first-order valence-corrected chi connectivity index (χ1v) is 5.95. The maximum absolute atomic E-state index is 11.8. The van der Waals surface area contributed by atoms with E-state index in [0.29, 0.717) is 6.54 Å². The summed E-state index contributed by atoms with van der Waals surface area (Å²) >= 11 is 3.32. The molecule has 18 heavy (non-hydrogen) atoms. The lowest BCUT2D eigenvalue weighted by molar-refractivity contribution is -0.386. The fourth-order valence-electron chi connectivity index (χ4n) is 1.57. The van der Waals surface area contributed by atoms with Gasteiger partial charge in [0.1, 0.15) is 0 Å². The highest BCUT2D eigenvalue weighted by Gasteiger charge is 2.13. The van der Waals surface area contributed by atoms with Crippen LogP contribution in [0, 0.1) is 10.1 Å². The highest BCUT2D eigenvalue weighted by molar-refractivity contribution is 9.10. The van der Waals surface area contributed by atoms with Gasteiger partial charge in [0.2, 0.25) is 0 Å². The first kappa shape index (κ1) is 12.5. The number of nitrogens with zero attached hydrogens (tertiary/aromatic N) is 2. The third kappa shape index (κ3) is 2.65. The zero-order chi connectivity index (χ0) is 13.1. The van der Waals surface area contributed by atoms with E-state index in [1.807, 2.05) is 24.3 Å². The molecule has 5 nitrogen and oxygen atoms in total. The summed E-state index contributed by atoms with van der Waals surface area (Å²) in [4.78, 5) is 21.8. The lowest BCUT2D eigenvalue weighted by atomic mass is 10.2. The van der Waals surface area contributed by atoms with Crippen molar-refractivity contribution in [1.29, 1.82) is 0 Å². The van der Waals surface area contributed by atoms with Gasteiger partial charge in [0.15, 0.2) is 0 Å². The van der Waals surface area contributed by atoms with Gasteiger partial charge in [0.25, 0.3) is 0 Å². The molecule has 0 atom stereocenters. The topological polar surface area (TPSA) is 65.1 Å². The quantitative estimate of drug-likeness (QED) is 0.646. The van der Waals surface area contributed by atoms with Gasteiger partial charge in [-0.3, -0.25) is 14.9 Å². The molecule has 0 aliphatic heterocycles. The van der Waals surface area contributed by atoms with E-state index in [1.165, 1.54) is 22.9 Å². The Balaban J connectivity index is 2.35. The van der Waals surface area contributed by atoms with Gasteiger partial charge in [-0.25, -0.2) is 0 Å². The molecule has 0 aliphatic rings. The van der Waals surface area contributed by atoms with Crippen LogP contribution in [0.1, 0.15) is 5.56 Å². The number of rotatable bonds is 3. The SMILES string of the molecule is O=c1c([N+](=O)[O-])cccn1Cc1ccc(Br)cc1. The smallest absolute Gasteiger partial charge is 0.305 e. The molecule has 0 bridgehead atoms. The minimum absolute atomic E-state index is 0.313. The Morgan fingerprint density at radius 1 is 1.22 bits per heavy atom. The molecule has 0 spiro atoms. The highest BCUT2D eigenvalue weighted by atomic mass is 79.9. The first-order valence-electron chi connectivity index (χ1n) is 5.16. The molecule has 1 aromatic carbocycles. The molecular formula is C12H9BrN2O3. The molecule has 2 aromatic rings. The highest BCUT2D eigenvalue weighted by Crippen LogP contribution is 2.11. The van der Waals surface area contributed by atoms with Crippen molar-refractivity contribution in [2.45, 2.75) is 6.54 Å². The number of benzene rings is 1. The third-order valence-electron chi connectivity index (χ3n) is 2.46. The fourth-order valence-corrected chi connectivity index (χ4v) is 1.84. The van der Waals surface area contributed by atoms with Crippen LogP contribution in [-0.2, 0) is 6.54 Å². The molecular weight excluding hydrogens is 300 g/mol. The number of hydrogen-bond acceptors (Lipinski definition) is 3. The summed E-state index contributed by atoms with van der Waals surface area (Å²) in [6.45, 7) is 0.313. The Labute approximate surface area is 111 Å². The summed E-state index contributed by atoms with van der Waals surface area (Å²) in [5.41, 5.74) is -0.0965. The molecule has 6 heteroatoms. The van der Waals surface area contributed by atoms with Gasteiger partial charge in [-0.15, -0.1) is 0 Å². The van der Waals surface area contributed by atoms with Crippen LogP contribution >= 0.6 is 15.9 Å².